The number of primary amides is 1. The SMILES string of the molecule is CCCCc1ccc(N2C(=O)[C@H]3[C@H](CC(N)=O)N[C@]4(C(=O)Nc5c(Cl)cc(C)cc54)[C@@H]3C2=O)cc1. The molecule has 2 saturated heterocycles. The molecule has 3 heterocycles. The number of carbonyl (C=O) groups is 4. The zero-order chi connectivity index (χ0) is 25.1. The number of nitrogens with two attached hydrogens (primary N) is 1. The van der Waals surface area contributed by atoms with Gasteiger partial charge in [0, 0.05) is 18.0 Å². The summed E-state index contributed by atoms with van der Waals surface area (Å²) >= 11 is 6.43. The van der Waals surface area contributed by atoms with Crippen molar-refractivity contribution in [1.29, 1.82) is 0 Å². The Balaban J connectivity index is 1.61. The molecule has 3 aliphatic rings. The van der Waals surface area contributed by atoms with Gasteiger partial charge in [-0.3, -0.25) is 24.5 Å². The van der Waals surface area contributed by atoms with Crippen LogP contribution in [0.2, 0.25) is 5.02 Å². The molecule has 0 radical (unpaired) electrons. The number of nitrogens with one attached hydrogen (secondary N) is 2. The van der Waals surface area contributed by atoms with Crippen molar-refractivity contribution in [2.45, 2.75) is 51.1 Å². The lowest BCUT2D eigenvalue weighted by molar-refractivity contribution is -0.130. The van der Waals surface area contributed by atoms with Gasteiger partial charge in [0.25, 0.3) is 0 Å². The van der Waals surface area contributed by atoms with E-state index in [-0.39, 0.29) is 6.42 Å². The molecule has 0 saturated carbocycles. The Morgan fingerprint density at radius 2 is 1.86 bits per heavy atom. The highest BCUT2D eigenvalue weighted by molar-refractivity contribution is 6.35. The first-order valence-corrected chi connectivity index (χ1v) is 12.2. The average molecular weight is 495 g/mol. The van der Waals surface area contributed by atoms with Crippen molar-refractivity contribution < 1.29 is 19.2 Å². The molecule has 4 N–H and O–H groups in total. The summed E-state index contributed by atoms with van der Waals surface area (Å²) < 4.78 is 0. The zero-order valence-electron chi connectivity index (χ0n) is 19.6. The second-order valence-corrected chi connectivity index (χ2v) is 10.0. The summed E-state index contributed by atoms with van der Waals surface area (Å²) in [5.74, 6) is -4.00. The fourth-order valence-corrected chi connectivity index (χ4v) is 6.15. The van der Waals surface area contributed by atoms with Crippen LogP contribution >= 0.6 is 11.6 Å². The summed E-state index contributed by atoms with van der Waals surface area (Å²) in [7, 11) is 0. The fourth-order valence-electron chi connectivity index (χ4n) is 5.83. The molecule has 4 atom stereocenters. The first kappa shape index (κ1) is 23.5. The van der Waals surface area contributed by atoms with Gasteiger partial charge < -0.3 is 11.1 Å². The van der Waals surface area contributed by atoms with Crippen LogP contribution in [-0.2, 0) is 31.1 Å². The minimum atomic E-state index is -1.53. The largest absolute Gasteiger partial charge is 0.370 e. The Labute approximate surface area is 208 Å². The molecule has 3 aliphatic heterocycles. The second-order valence-electron chi connectivity index (χ2n) is 9.64. The first-order valence-electron chi connectivity index (χ1n) is 11.8. The summed E-state index contributed by atoms with van der Waals surface area (Å²) in [5.41, 5.74) is 7.25. The molecule has 0 bridgehead atoms. The number of hydrogen-bond acceptors (Lipinski definition) is 5. The number of halogens is 1. The molecule has 2 aromatic carbocycles. The highest BCUT2D eigenvalue weighted by Gasteiger charge is 2.71. The normalized spacial score (nSPS) is 26.9. The van der Waals surface area contributed by atoms with Crippen LogP contribution in [0.4, 0.5) is 11.4 Å². The van der Waals surface area contributed by atoms with Gasteiger partial charge in [-0.05, 0) is 49.1 Å². The minimum Gasteiger partial charge on any atom is -0.370 e. The van der Waals surface area contributed by atoms with Crippen molar-refractivity contribution in [3.63, 3.8) is 0 Å². The predicted octanol–water partition coefficient (Wildman–Crippen LogP) is 2.79. The highest BCUT2D eigenvalue weighted by atomic mass is 35.5. The monoisotopic (exact) mass is 494 g/mol. The fraction of sp³-hybridized carbons (Fsp3) is 0.385. The van der Waals surface area contributed by atoms with Crippen molar-refractivity contribution in [2.24, 2.45) is 17.6 Å². The maximum atomic E-state index is 13.9. The summed E-state index contributed by atoms with van der Waals surface area (Å²) in [6.07, 6.45) is 2.84. The number of hydrogen-bond donors (Lipinski definition) is 3. The van der Waals surface area contributed by atoms with Gasteiger partial charge in [0.05, 0.1) is 28.2 Å². The van der Waals surface area contributed by atoms with E-state index < -0.39 is 47.0 Å². The van der Waals surface area contributed by atoms with E-state index in [1.807, 2.05) is 19.1 Å². The van der Waals surface area contributed by atoms with Gasteiger partial charge in [-0.1, -0.05) is 43.1 Å². The van der Waals surface area contributed by atoms with Gasteiger partial charge in [-0.15, -0.1) is 0 Å². The molecular weight excluding hydrogens is 468 g/mol. The van der Waals surface area contributed by atoms with Crippen molar-refractivity contribution in [1.82, 2.24) is 5.32 Å². The molecule has 182 valence electrons. The van der Waals surface area contributed by atoms with Crippen molar-refractivity contribution in [2.75, 3.05) is 10.2 Å². The van der Waals surface area contributed by atoms with Gasteiger partial charge in [0.15, 0.2) is 0 Å². The quantitative estimate of drug-likeness (QED) is 0.533. The molecule has 9 heteroatoms. The Hall–Kier alpha value is -3.23. The number of carbonyl (C=O) groups excluding carboxylic acids is 4. The van der Waals surface area contributed by atoms with Crippen LogP contribution in [0.5, 0.6) is 0 Å². The predicted molar refractivity (Wildman–Crippen MR) is 132 cm³/mol. The van der Waals surface area contributed by atoms with Gasteiger partial charge in [0.2, 0.25) is 23.6 Å². The van der Waals surface area contributed by atoms with E-state index in [9.17, 15) is 19.2 Å². The van der Waals surface area contributed by atoms with Crippen LogP contribution < -0.4 is 21.3 Å². The van der Waals surface area contributed by atoms with E-state index >= 15 is 0 Å². The third kappa shape index (κ3) is 3.46. The minimum absolute atomic E-state index is 0.187. The number of aryl methyl sites for hydroxylation is 2. The van der Waals surface area contributed by atoms with E-state index in [0.29, 0.717) is 22.0 Å². The van der Waals surface area contributed by atoms with Crippen LogP contribution in [0.1, 0.15) is 42.9 Å². The molecule has 2 fully saturated rings. The van der Waals surface area contributed by atoms with Gasteiger partial charge in [-0.2, -0.15) is 0 Å². The molecule has 2 aromatic rings. The van der Waals surface area contributed by atoms with Crippen LogP contribution in [0, 0.1) is 18.8 Å². The number of benzene rings is 2. The highest BCUT2D eigenvalue weighted by Crippen LogP contribution is 2.55. The maximum absolute atomic E-state index is 13.9. The molecular formula is C26H27ClN4O4. The Morgan fingerprint density at radius 1 is 1.14 bits per heavy atom. The summed E-state index contributed by atoms with van der Waals surface area (Å²) in [6.45, 7) is 3.96. The standard InChI is InChI=1S/C26H27ClN4O4/c1-3-4-5-14-6-8-15(9-7-14)31-23(33)20-18(12-19(28)32)30-26(21(20)24(31)34)16-10-13(2)11-17(27)22(16)29-25(26)35/h6-11,18,20-21,30H,3-5,12H2,1-2H3,(H2,28,32)(H,29,35)/t18-,20-,21-,26-/m0/s1. The zero-order valence-corrected chi connectivity index (χ0v) is 20.3. The van der Waals surface area contributed by atoms with Crippen molar-refractivity contribution in [3.05, 3.63) is 58.1 Å². The topological polar surface area (TPSA) is 122 Å². The molecule has 8 nitrogen and oxygen atoms in total. The second kappa shape index (κ2) is 8.46. The maximum Gasteiger partial charge on any atom is 0.250 e. The Bertz CT molecular complexity index is 1260. The number of amides is 4. The molecule has 4 amide bonds. The van der Waals surface area contributed by atoms with Crippen LogP contribution in [0.15, 0.2) is 36.4 Å². The summed E-state index contributed by atoms with van der Waals surface area (Å²) in [5, 5.41) is 6.33. The number of imide groups is 1. The molecule has 5 rings (SSSR count). The average Bonchev–Trinajstić information content (AvgIpc) is 3.38. The van der Waals surface area contributed by atoms with E-state index in [4.69, 9.17) is 17.3 Å². The number of nitrogens with zero attached hydrogens (tertiary/aromatic N) is 1. The third-order valence-electron chi connectivity index (χ3n) is 7.35. The lowest BCUT2D eigenvalue weighted by atomic mass is 9.76. The molecule has 1 spiro atoms. The smallest absolute Gasteiger partial charge is 0.250 e. The number of rotatable bonds is 6. The number of fused-ring (bicyclic) bond motifs is 4. The lowest BCUT2D eigenvalue weighted by Gasteiger charge is -2.29. The molecule has 35 heavy (non-hydrogen) atoms. The van der Waals surface area contributed by atoms with Gasteiger partial charge in [-0.25, -0.2) is 4.90 Å². The first-order chi connectivity index (χ1) is 16.7. The summed E-state index contributed by atoms with van der Waals surface area (Å²) in [4.78, 5) is 54.2. The Morgan fingerprint density at radius 3 is 2.51 bits per heavy atom. The van der Waals surface area contributed by atoms with Crippen molar-refractivity contribution in [3.8, 4) is 0 Å². The Kier molecular flexibility index (Phi) is 5.68. The van der Waals surface area contributed by atoms with E-state index in [0.717, 1.165) is 35.3 Å². The molecule has 0 aliphatic carbocycles. The molecule has 0 aromatic heterocycles. The van der Waals surface area contributed by atoms with Crippen LogP contribution in [0.3, 0.4) is 0 Å². The van der Waals surface area contributed by atoms with Gasteiger partial charge in [0.1, 0.15) is 5.54 Å². The van der Waals surface area contributed by atoms with E-state index in [1.165, 1.54) is 0 Å². The summed E-state index contributed by atoms with van der Waals surface area (Å²) in [6, 6.07) is 10.1. The van der Waals surface area contributed by atoms with Gasteiger partial charge >= 0.3 is 0 Å². The van der Waals surface area contributed by atoms with E-state index in [2.05, 4.69) is 17.6 Å². The molecule has 0 unspecified atom stereocenters. The van der Waals surface area contributed by atoms with E-state index in [1.54, 1.807) is 24.3 Å². The number of anilines is 2. The number of unbranched alkanes of at least 4 members (excludes halogenated alkanes) is 1. The van der Waals surface area contributed by atoms with Crippen molar-refractivity contribution >= 4 is 46.6 Å². The third-order valence-corrected chi connectivity index (χ3v) is 7.65. The van der Waals surface area contributed by atoms with Crippen LogP contribution in [0.25, 0.3) is 0 Å². The lowest BCUT2D eigenvalue weighted by Crippen LogP contribution is -2.53. The van der Waals surface area contributed by atoms with Crippen LogP contribution in [-0.4, -0.2) is 29.7 Å².